The molecule has 0 bridgehead atoms. The van der Waals surface area contributed by atoms with Crippen LogP contribution in [0.25, 0.3) is 0 Å². The maximum atomic E-state index is 5.56. The molecular weight excluding hydrogens is 200 g/mol. The predicted octanol–water partition coefficient (Wildman–Crippen LogP) is 2.22. The molecule has 2 aromatic rings. The Morgan fingerprint density at radius 2 is 1.75 bits per heavy atom. The molecule has 1 heterocycles. The summed E-state index contributed by atoms with van der Waals surface area (Å²) in [5.74, 6) is 0.669. The van der Waals surface area contributed by atoms with Crippen LogP contribution >= 0.6 is 0 Å². The highest BCUT2D eigenvalue weighted by Crippen LogP contribution is 2.20. The Morgan fingerprint density at radius 3 is 2.31 bits per heavy atom. The molecule has 0 aliphatic carbocycles. The fraction of sp³-hybridized carbons (Fsp3) is 0.167. The first-order valence-electron chi connectivity index (χ1n) is 5.21. The molecule has 0 spiro atoms. The van der Waals surface area contributed by atoms with Gasteiger partial charge in [0, 0.05) is 12.2 Å². The van der Waals surface area contributed by atoms with Crippen molar-refractivity contribution in [3.8, 4) is 0 Å². The molecule has 0 amide bonds. The van der Waals surface area contributed by atoms with Gasteiger partial charge in [-0.3, -0.25) is 0 Å². The summed E-state index contributed by atoms with van der Waals surface area (Å²) in [5, 5.41) is 0. The molecule has 1 aromatic heterocycles. The van der Waals surface area contributed by atoms with Crippen LogP contribution in [0.4, 0.5) is 17.3 Å². The lowest BCUT2D eigenvalue weighted by molar-refractivity contribution is 0.948. The molecule has 0 aliphatic rings. The van der Waals surface area contributed by atoms with Crippen molar-refractivity contribution >= 4 is 17.3 Å². The Kier molecular flexibility index (Phi) is 3.00. The molecule has 82 valence electrons. The summed E-state index contributed by atoms with van der Waals surface area (Å²) in [6.45, 7) is 2.88. The quantitative estimate of drug-likeness (QED) is 0.851. The standard InChI is InChI=1S/C12H14N4/c1-2-16(11-6-4-3-5-7-11)12-14-8-10(13)9-15-12/h3-9H,2,13H2,1H3. The van der Waals surface area contributed by atoms with Gasteiger partial charge in [-0.15, -0.1) is 0 Å². The van der Waals surface area contributed by atoms with E-state index in [1.54, 1.807) is 12.4 Å². The van der Waals surface area contributed by atoms with Gasteiger partial charge in [0.1, 0.15) is 0 Å². The molecule has 0 saturated heterocycles. The van der Waals surface area contributed by atoms with Crippen LogP contribution < -0.4 is 10.6 Å². The largest absolute Gasteiger partial charge is 0.396 e. The van der Waals surface area contributed by atoms with Gasteiger partial charge in [0.2, 0.25) is 5.95 Å². The van der Waals surface area contributed by atoms with E-state index in [0.29, 0.717) is 11.6 Å². The van der Waals surface area contributed by atoms with Crippen LogP contribution in [0.2, 0.25) is 0 Å². The molecule has 0 radical (unpaired) electrons. The van der Waals surface area contributed by atoms with Crippen LogP contribution in [0.5, 0.6) is 0 Å². The van der Waals surface area contributed by atoms with E-state index >= 15 is 0 Å². The Morgan fingerprint density at radius 1 is 1.12 bits per heavy atom. The number of para-hydroxylation sites is 1. The third-order valence-corrected chi connectivity index (χ3v) is 2.28. The lowest BCUT2D eigenvalue weighted by Crippen LogP contribution is -2.18. The second kappa shape index (κ2) is 4.61. The van der Waals surface area contributed by atoms with Crippen molar-refractivity contribution in [3.05, 3.63) is 42.7 Å². The lowest BCUT2D eigenvalue weighted by Gasteiger charge is -2.20. The second-order valence-electron chi connectivity index (χ2n) is 3.40. The average Bonchev–Trinajstić information content (AvgIpc) is 2.34. The zero-order valence-electron chi connectivity index (χ0n) is 9.17. The number of aromatic nitrogens is 2. The Hall–Kier alpha value is -2.10. The normalized spacial score (nSPS) is 10.1. The zero-order valence-corrected chi connectivity index (χ0v) is 9.17. The highest BCUT2D eigenvalue weighted by Gasteiger charge is 2.08. The molecule has 4 heteroatoms. The van der Waals surface area contributed by atoms with Gasteiger partial charge in [0.05, 0.1) is 18.1 Å². The number of hydrogen-bond acceptors (Lipinski definition) is 4. The van der Waals surface area contributed by atoms with Gasteiger partial charge in [-0.05, 0) is 19.1 Å². The van der Waals surface area contributed by atoms with Gasteiger partial charge >= 0.3 is 0 Å². The smallest absolute Gasteiger partial charge is 0.229 e. The maximum Gasteiger partial charge on any atom is 0.229 e. The minimum atomic E-state index is 0.577. The molecule has 16 heavy (non-hydrogen) atoms. The van der Waals surface area contributed by atoms with Crippen molar-refractivity contribution in [1.82, 2.24) is 9.97 Å². The van der Waals surface area contributed by atoms with Crippen molar-refractivity contribution in [1.29, 1.82) is 0 Å². The summed E-state index contributed by atoms with van der Waals surface area (Å²) in [6, 6.07) is 10.0. The molecule has 1 aromatic carbocycles. The van der Waals surface area contributed by atoms with Gasteiger partial charge in [0.25, 0.3) is 0 Å². The van der Waals surface area contributed by atoms with Gasteiger partial charge in [-0.1, -0.05) is 18.2 Å². The summed E-state index contributed by atoms with van der Waals surface area (Å²) in [4.78, 5) is 10.5. The van der Waals surface area contributed by atoms with Crippen LogP contribution in [0.1, 0.15) is 6.92 Å². The molecule has 0 atom stereocenters. The summed E-state index contributed by atoms with van der Waals surface area (Å²) in [5.41, 5.74) is 7.22. The van der Waals surface area contributed by atoms with Crippen LogP contribution in [0.3, 0.4) is 0 Å². The van der Waals surface area contributed by atoms with E-state index in [0.717, 1.165) is 12.2 Å². The Bertz CT molecular complexity index is 438. The zero-order chi connectivity index (χ0) is 11.4. The van der Waals surface area contributed by atoms with Gasteiger partial charge in [-0.2, -0.15) is 0 Å². The number of hydrogen-bond donors (Lipinski definition) is 1. The fourth-order valence-corrected chi connectivity index (χ4v) is 1.52. The van der Waals surface area contributed by atoms with E-state index in [-0.39, 0.29) is 0 Å². The number of anilines is 3. The molecule has 0 aliphatic heterocycles. The van der Waals surface area contributed by atoms with Crippen LogP contribution in [0.15, 0.2) is 42.7 Å². The SMILES string of the molecule is CCN(c1ccccc1)c1ncc(N)cn1. The number of rotatable bonds is 3. The molecule has 2 N–H and O–H groups in total. The average molecular weight is 214 g/mol. The van der Waals surface area contributed by atoms with Crippen molar-refractivity contribution in [3.63, 3.8) is 0 Å². The minimum Gasteiger partial charge on any atom is -0.396 e. The van der Waals surface area contributed by atoms with Crippen LogP contribution in [-0.4, -0.2) is 16.5 Å². The van der Waals surface area contributed by atoms with Crippen LogP contribution in [-0.2, 0) is 0 Å². The predicted molar refractivity (Wildman–Crippen MR) is 65.6 cm³/mol. The molecule has 0 fully saturated rings. The molecular formula is C12H14N4. The van der Waals surface area contributed by atoms with Crippen molar-refractivity contribution < 1.29 is 0 Å². The van der Waals surface area contributed by atoms with Crippen molar-refractivity contribution in [2.45, 2.75) is 6.92 Å². The van der Waals surface area contributed by atoms with E-state index in [9.17, 15) is 0 Å². The highest BCUT2D eigenvalue weighted by atomic mass is 15.2. The van der Waals surface area contributed by atoms with E-state index in [4.69, 9.17) is 5.73 Å². The van der Waals surface area contributed by atoms with E-state index in [2.05, 4.69) is 16.9 Å². The lowest BCUT2D eigenvalue weighted by atomic mass is 10.3. The summed E-state index contributed by atoms with van der Waals surface area (Å²) < 4.78 is 0. The van der Waals surface area contributed by atoms with E-state index in [1.165, 1.54) is 0 Å². The molecule has 0 unspecified atom stereocenters. The molecule has 2 rings (SSSR count). The number of benzene rings is 1. The van der Waals surface area contributed by atoms with E-state index in [1.807, 2.05) is 35.2 Å². The molecule has 0 saturated carbocycles. The van der Waals surface area contributed by atoms with E-state index < -0.39 is 0 Å². The van der Waals surface area contributed by atoms with Gasteiger partial charge < -0.3 is 10.6 Å². The second-order valence-corrected chi connectivity index (χ2v) is 3.40. The number of nitrogens with two attached hydrogens (primary N) is 1. The first-order valence-corrected chi connectivity index (χ1v) is 5.21. The number of nitrogen functional groups attached to an aromatic ring is 1. The van der Waals surface area contributed by atoms with Gasteiger partial charge in [0.15, 0.2) is 0 Å². The Balaban J connectivity index is 2.33. The first kappa shape index (κ1) is 10.4. The highest BCUT2D eigenvalue weighted by molar-refractivity contribution is 5.57. The summed E-state index contributed by atoms with van der Waals surface area (Å²) in [6.07, 6.45) is 3.24. The van der Waals surface area contributed by atoms with Crippen molar-refractivity contribution in [2.24, 2.45) is 0 Å². The Labute approximate surface area is 94.8 Å². The topological polar surface area (TPSA) is 55.0 Å². The third-order valence-electron chi connectivity index (χ3n) is 2.28. The molecule has 4 nitrogen and oxygen atoms in total. The summed E-state index contributed by atoms with van der Waals surface area (Å²) in [7, 11) is 0. The summed E-state index contributed by atoms with van der Waals surface area (Å²) >= 11 is 0. The van der Waals surface area contributed by atoms with Crippen LogP contribution in [0, 0.1) is 0 Å². The van der Waals surface area contributed by atoms with Gasteiger partial charge in [-0.25, -0.2) is 9.97 Å². The number of nitrogens with zero attached hydrogens (tertiary/aromatic N) is 3. The minimum absolute atomic E-state index is 0.577. The third kappa shape index (κ3) is 2.11. The van der Waals surface area contributed by atoms with Crippen molar-refractivity contribution in [2.75, 3.05) is 17.2 Å². The maximum absolute atomic E-state index is 5.56. The first-order chi connectivity index (χ1) is 7.81. The monoisotopic (exact) mass is 214 g/mol. The fourth-order valence-electron chi connectivity index (χ4n) is 1.52.